The van der Waals surface area contributed by atoms with Crippen LogP contribution in [-0.4, -0.2) is 67.6 Å². The summed E-state index contributed by atoms with van der Waals surface area (Å²) in [5.74, 6) is 0. The third-order valence-electron chi connectivity index (χ3n) is 3.71. The Morgan fingerprint density at radius 2 is 1.47 bits per heavy atom. The fraction of sp³-hybridized carbons (Fsp3) is 1.00. The van der Waals surface area contributed by atoms with Crippen LogP contribution in [0.4, 0.5) is 0 Å². The van der Waals surface area contributed by atoms with Crippen LogP contribution in [0.25, 0.3) is 0 Å². The average molecular weight is 272 g/mol. The third kappa shape index (κ3) is 6.21. The van der Waals surface area contributed by atoms with Crippen molar-refractivity contribution in [2.75, 3.05) is 45.9 Å². The van der Waals surface area contributed by atoms with Gasteiger partial charge in [-0.05, 0) is 34.6 Å². The minimum Gasteiger partial charge on any atom is -0.353 e. The van der Waals surface area contributed by atoms with E-state index >= 15 is 0 Å². The molecular formula is C15H32N2O2. The van der Waals surface area contributed by atoms with Gasteiger partial charge >= 0.3 is 0 Å². The summed E-state index contributed by atoms with van der Waals surface area (Å²) in [5.41, 5.74) is 0.297. The normalized spacial score (nSPS) is 19.3. The van der Waals surface area contributed by atoms with Gasteiger partial charge in [-0.3, -0.25) is 4.90 Å². The fourth-order valence-corrected chi connectivity index (χ4v) is 2.52. The number of piperazine rings is 1. The predicted molar refractivity (Wildman–Crippen MR) is 79.4 cm³/mol. The van der Waals surface area contributed by atoms with Crippen molar-refractivity contribution in [2.45, 2.75) is 52.9 Å². The molecule has 1 fully saturated rings. The fourth-order valence-electron chi connectivity index (χ4n) is 2.52. The Balaban J connectivity index is 2.25. The smallest absolute Gasteiger partial charge is 0.158 e. The lowest BCUT2D eigenvalue weighted by Gasteiger charge is -2.42. The molecule has 0 aromatic rings. The molecule has 0 unspecified atom stereocenters. The first-order valence-electron chi connectivity index (χ1n) is 7.68. The molecule has 0 amide bonds. The summed E-state index contributed by atoms with van der Waals surface area (Å²) in [5, 5.41) is 0. The molecule has 0 spiro atoms. The number of rotatable bonds is 7. The molecule has 19 heavy (non-hydrogen) atoms. The van der Waals surface area contributed by atoms with Gasteiger partial charge in [-0.25, -0.2) is 0 Å². The van der Waals surface area contributed by atoms with Gasteiger partial charge in [0.15, 0.2) is 6.29 Å². The van der Waals surface area contributed by atoms with Crippen LogP contribution in [0.3, 0.4) is 0 Å². The molecule has 1 rings (SSSR count). The molecule has 0 aromatic carbocycles. The second-order valence-corrected chi connectivity index (χ2v) is 6.13. The number of ether oxygens (including phenoxy) is 2. The van der Waals surface area contributed by atoms with Gasteiger partial charge in [-0.1, -0.05) is 0 Å². The summed E-state index contributed by atoms with van der Waals surface area (Å²) >= 11 is 0. The summed E-state index contributed by atoms with van der Waals surface area (Å²) < 4.78 is 11.2. The van der Waals surface area contributed by atoms with Crippen molar-refractivity contribution in [3.8, 4) is 0 Å². The molecule has 0 saturated carbocycles. The van der Waals surface area contributed by atoms with Crippen LogP contribution < -0.4 is 0 Å². The maximum absolute atomic E-state index is 5.59. The predicted octanol–water partition coefficient (Wildman–Crippen LogP) is 2.19. The van der Waals surface area contributed by atoms with Crippen LogP contribution >= 0.6 is 0 Å². The lowest BCUT2D eigenvalue weighted by Crippen LogP contribution is -2.53. The zero-order chi connectivity index (χ0) is 14.3. The van der Waals surface area contributed by atoms with E-state index in [0.29, 0.717) is 5.54 Å². The molecule has 0 aromatic heterocycles. The van der Waals surface area contributed by atoms with Crippen LogP contribution in [0.5, 0.6) is 0 Å². The summed E-state index contributed by atoms with van der Waals surface area (Å²) in [4.78, 5) is 5.08. The van der Waals surface area contributed by atoms with Crippen LogP contribution in [0.15, 0.2) is 0 Å². The van der Waals surface area contributed by atoms with Crippen LogP contribution in [0.1, 0.15) is 41.0 Å². The van der Waals surface area contributed by atoms with Gasteiger partial charge in [-0.15, -0.1) is 0 Å². The standard InChI is InChI=1S/C15H32N2O2/c1-6-18-14(19-7-2)8-9-16-10-12-17(13-11-16)15(3,4)5/h14H,6-13H2,1-5H3. The summed E-state index contributed by atoms with van der Waals surface area (Å²) in [7, 11) is 0. The number of hydrogen-bond acceptors (Lipinski definition) is 4. The Morgan fingerprint density at radius 1 is 0.947 bits per heavy atom. The van der Waals surface area contributed by atoms with Crippen LogP contribution in [0.2, 0.25) is 0 Å². The Kier molecular flexibility index (Phi) is 7.29. The van der Waals surface area contributed by atoms with E-state index in [0.717, 1.165) is 52.4 Å². The monoisotopic (exact) mass is 272 g/mol. The first-order chi connectivity index (χ1) is 8.97. The van der Waals surface area contributed by atoms with E-state index in [4.69, 9.17) is 9.47 Å². The summed E-state index contributed by atoms with van der Waals surface area (Å²) in [6, 6.07) is 0. The van der Waals surface area contributed by atoms with E-state index in [1.807, 2.05) is 13.8 Å². The Labute approximate surface area is 119 Å². The molecule has 0 atom stereocenters. The lowest BCUT2D eigenvalue weighted by atomic mass is 10.0. The summed E-state index contributed by atoms with van der Waals surface area (Å²) in [6.07, 6.45) is 0.938. The SMILES string of the molecule is CCOC(CCN1CCN(C(C)(C)C)CC1)OCC. The highest BCUT2D eigenvalue weighted by molar-refractivity contribution is 4.81. The zero-order valence-electron chi connectivity index (χ0n) is 13.4. The Morgan fingerprint density at radius 3 is 1.89 bits per heavy atom. The quantitative estimate of drug-likeness (QED) is 0.663. The van der Waals surface area contributed by atoms with Crippen molar-refractivity contribution in [3.05, 3.63) is 0 Å². The van der Waals surface area contributed by atoms with Gasteiger partial charge in [0, 0.05) is 57.9 Å². The van der Waals surface area contributed by atoms with Gasteiger partial charge in [-0.2, -0.15) is 0 Å². The molecule has 4 heteroatoms. The van der Waals surface area contributed by atoms with E-state index in [1.165, 1.54) is 0 Å². The highest BCUT2D eigenvalue weighted by Gasteiger charge is 2.25. The van der Waals surface area contributed by atoms with Crippen molar-refractivity contribution in [2.24, 2.45) is 0 Å². The van der Waals surface area contributed by atoms with Gasteiger partial charge in [0.2, 0.25) is 0 Å². The molecule has 1 aliphatic rings. The lowest BCUT2D eigenvalue weighted by molar-refractivity contribution is -0.142. The van der Waals surface area contributed by atoms with Crippen molar-refractivity contribution in [3.63, 3.8) is 0 Å². The van der Waals surface area contributed by atoms with E-state index in [2.05, 4.69) is 30.6 Å². The molecule has 4 nitrogen and oxygen atoms in total. The highest BCUT2D eigenvalue weighted by atomic mass is 16.7. The second kappa shape index (κ2) is 8.20. The highest BCUT2D eigenvalue weighted by Crippen LogP contribution is 2.16. The Hall–Kier alpha value is -0.160. The Bertz CT molecular complexity index is 227. The molecule has 114 valence electrons. The maximum atomic E-state index is 5.59. The minimum atomic E-state index is -0.0318. The van der Waals surface area contributed by atoms with Crippen LogP contribution in [-0.2, 0) is 9.47 Å². The molecule has 0 aliphatic carbocycles. The zero-order valence-corrected chi connectivity index (χ0v) is 13.4. The van der Waals surface area contributed by atoms with E-state index in [9.17, 15) is 0 Å². The first kappa shape index (κ1) is 16.9. The third-order valence-corrected chi connectivity index (χ3v) is 3.71. The molecule has 0 N–H and O–H groups in total. The van der Waals surface area contributed by atoms with Gasteiger partial charge in [0.25, 0.3) is 0 Å². The van der Waals surface area contributed by atoms with E-state index in [-0.39, 0.29) is 6.29 Å². The van der Waals surface area contributed by atoms with Crippen molar-refractivity contribution in [1.82, 2.24) is 9.80 Å². The summed E-state index contributed by atoms with van der Waals surface area (Å²) in [6.45, 7) is 18.1. The van der Waals surface area contributed by atoms with Crippen molar-refractivity contribution >= 4 is 0 Å². The number of nitrogens with zero attached hydrogens (tertiary/aromatic N) is 2. The molecule has 1 heterocycles. The molecule has 0 bridgehead atoms. The second-order valence-electron chi connectivity index (χ2n) is 6.13. The van der Waals surface area contributed by atoms with Gasteiger partial charge in [0.1, 0.15) is 0 Å². The van der Waals surface area contributed by atoms with Gasteiger partial charge in [0.05, 0.1) is 0 Å². The molecule has 1 aliphatic heterocycles. The molecular weight excluding hydrogens is 240 g/mol. The first-order valence-corrected chi connectivity index (χ1v) is 7.68. The largest absolute Gasteiger partial charge is 0.353 e. The van der Waals surface area contributed by atoms with Crippen LogP contribution in [0, 0.1) is 0 Å². The topological polar surface area (TPSA) is 24.9 Å². The number of hydrogen-bond donors (Lipinski definition) is 0. The minimum absolute atomic E-state index is 0.0318. The molecule has 0 radical (unpaired) electrons. The van der Waals surface area contributed by atoms with E-state index < -0.39 is 0 Å². The van der Waals surface area contributed by atoms with Crippen molar-refractivity contribution < 1.29 is 9.47 Å². The molecule has 1 saturated heterocycles. The maximum Gasteiger partial charge on any atom is 0.158 e. The van der Waals surface area contributed by atoms with Crippen molar-refractivity contribution in [1.29, 1.82) is 0 Å². The average Bonchev–Trinajstić information content (AvgIpc) is 2.36. The van der Waals surface area contributed by atoms with Gasteiger partial charge < -0.3 is 14.4 Å². The van der Waals surface area contributed by atoms with E-state index in [1.54, 1.807) is 0 Å².